The molecule has 33 heavy (non-hydrogen) atoms. The maximum atomic E-state index is 5.78. The minimum absolute atomic E-state index is 0.598. The van der Waals surface area contributed by atoms with E-state index in [1.165, 1.54) is 38.5 Å². The minimum atomic E-state index is 0.598. The number of benzene rings is 1. The Balaban J connectivity index is 1.62. The highest BCUT2D eigenvalue weighted by atomic mass is 16.5. The molecule has 0 spiro atoms. The second kappa shape index (κ2) is 18.1. The van der Waals surface area contributed by atoms with Crippen LogP contribution in [0.5, 0.6) is 11.5 Å². The summed E-state index contributed by atoms with van der Waals surface area (Å²) in [5.41, 5.74) is 0.959. The zero-order valence-electron chi connectivity index (χ0n) is 20.6. The van der Waals surface area contributed by atoms with E-state index in [-0.39, 0.29) is 0 Å². The molecule has 0 radical (unpaired) electrons. The van der Waals surface area contributed by atoms with E-state index in [0.717, 1.165) is 50.2 Å². The van der Waals surface area contributed by atoms with Crippen molar-refractivity contribution in [2.45, 2.75) is 78.1 Å². The van der Waals surface area contributed by atoms with Gasteiger partial charge in [0.1, 0.15) is 12.4 Å². The van der Waals surface area contributed by atoms with Crippen LogP contribution in [0.3, 0.4) is 0 Å². The maximum absolute atomic E-state index is 5.78. The highest BCUT2D eigenvalue weighted by Gasteiger charge is 2.03. The smallest absolute Gasteiger partial charge is 0.159 e. The number of rotatable bonds is 19. The van der Waals surface area contributed by atoms with Gasteiger partial charge in [0.25, 0.3) is 0 Å². The summed E-state index contributed by atoms with van der Waals surface area (Å²) in [4.78, 5) is 8.88. The maximum Gasteiger partial charge on any atom is 0.159 e. The van der Waals surface area contributed by atoms with Crippen molar-refractivity contribution in [3.8, 4) is 22.9 Å². The summed E-state index contributed by atoms with van der Waals surface area (Å²) in [6.07, 6.45) is 19.7. The van der Waals surface area contributed by atoms with Crippen LogP contribution in [0.2, 0.25) is 0 Å². The Kier molecular flexibility index (Phi) is 14.7. The predicted octanol–water partition coefficient (Wildman–Crippen LogP) is 7.41. The molecule has 2 aromatic rings. The second-order valence-electron chi connectivity index (χ2n) is 8.27. The largest absolute Gasteiger partial charge is 0.490 e. The Labute approximate surface area is 200 Å². The normalized spacial score (nSPS) is 11.2. The molecular formula is C28H42N2O3. The number of unbranched alkanes of at least 4 members (excludes halogenated alkanes) is 7. The molecule has 5 heteroatoms. The van der Waals surface area contributed by atoms with Gasteiger partial charge in [0.15, 0.2) is 11.6 Å². The van der Waals surface area contributed by atoms with Crippen LogP contribution < -0.4 is 9.47 Å². The zero-order chi connectivity index (χ0) is 23.4. The summed E-state index contributed by atoms with van der Waals surface area (Å²) in [5.74, 6) is 2.23. The highest BCUT2D eigenvalue weighted by Crippen LogP contribution is 2.20. The molecule has 0 aliphatic heterocycles. The number of hydrogen-bond donors (Lipinski definition) is 0. The predicted molar refractivity (Wildman–Crippen MR) is 136 cm³/mol. The number of nitrogens with zero attached hydrogens (tertiary/aromatic N) is 2. The average Bonchev–Trinajstić information content (AvgIpc) is 2.85. The molecule has 182 valence electrons. The van der Waals surface area contributed by atoms with Crippen molar-refractivity contribution in [3.05, 3.63) is 48.8 Å². The third kappa shape index (κ3) is 12.4. The molecule has 0 unspecified atom stereocenters. The van der Waals surface area contributed by atoms with Gasteiger partial charge in [0.05, 0.1) is 19.0 Å². The molecule has 1 heterocycles. The molecular weight excluding hydrogens is 412 g/mol. The van der Waals surface area contributed by atoms with Crippen LogP contribution in [0, 0.1) is 0 Å². The first-order valence-corrected chi connectivity index (χ1v) is 12.7. The van der Waals surface area contributed by atoms with E-state index in [4.69, 9.17) is 14.2 Å². The molecule has 0 fully saturated rings. The fourth-order valence-electron chi connectivity index (χ4n) is 3.31. The van der Waals surface area contributed by atoms with Crippen LogP contribution in [0.25, 0.3) is 11.4 Å². The van der Waals surface area contributed by atoms with Crippen LogP contribution in [0.1, 0.15) is 78.1 Å². The first kappa shape index (κ1) is 26.8. The van der Waals surface area contributed by atoms with E-state index >= 15 is 0 Å². The van der Waals surface area contributed by atoms with Gasteiger partial charge in [-0.3, -0.25) is 0 Å². The fraction of sp³-hybridized carbons (Fsp3) is 0.571. The lowest BCUT2D eigenvalue weighted by atomic mass is 10.1. The van der Waals surface area contributed by atoms with Gasteiger partial charge in [-0.2, -0.15) is 0 Å². The fourth-order valence-corrected chi connectivity index (χ4v) is 3.31. The Morgan fingerprint density at radius 3 is 2.06 bits per heavy atom. The molecule has 1 aromatic carbocycles. The third-order valence-corrected chi connectivity index (χ3v) is 5.32. The molecule has 0 amide bonds. The Morgan fingerprint density at radius 1 is 0.667 bits per heavy atom. The van der Waals surface area contributed by atoms with Crippen molar-refractivity contribution in [1.29, 1.82) is 0 Å². The van der Waals surface area contributed by atoms with Crippen molar-refractivity contribution in [3.63, 3.8) is 0 Å². The van der Waals surface area contributed by atoms with Gasteiger partial charge >= 0.3 is 0 Å². The molecule has 2 rings (SSSR count). The Bertz CT molecular complexity index is 745. The molecule has 0 aliphatic rings. The van der Waals surface area contributed by atoms with E-state index < -0.39 is 0 Å². The van der Waals surface area contributed by atoms with Gasteiger partial charge < -0.3 is 14.2 Å². The van der Waals surface area contributed by atoms with Gasteiger partial charge in [-0.1, -0.05) is 58.1 Å². The monoisotopic (exact) mass is 454 g/mol. The highest BCUT2D eigenvalue weighted by molar-refractivity contribution is 5.56. The van der Waals surface area contributed by atoms with Gasteiger partial charge in [0.2, 0.25) is 0 Å². The lowest BCUT2D eigenvalue weighted by molar-refractivity contribution is 0.122. The van der Waals surface area contributed by atoms with E-state index in [9.17, 15) is 0 Å². The van der Waals surface area contributed by atoms with Gasteiger partial charge in [0, 0.05) is 18.8 Å². The van der Waals surface area contributed by atoms with E-state index in [2.05, 4.69) is 36.0 Å². The van der Waals surface area contributed by atoms with Gasteiger partial charge in [-0.15, -0.1) is 0 Å². The molecule has 0 N–H and O–H groups in total. The summed E-state index contributed by atoms with van der Waals surface area (Å²) >= 11 is 0. The van der Waals surface area contributed by atoms with Crippen LogP contribution in [-0.2, 0) is 4.74 Å². The summed E-state index contributed by atoms with van der Waals surface area (Å²) < 4.78 is 17.1. The molecule has 0 saturated carbocycles. The van der Waals surface area contributed by atoms with Crippen LogP contribution in [0.15, 0.2) is 48.8 Å². The molecule has 0 atom stereocenters. The van der Waals surface area contributed by atoms with E-state index in [1.54, 1.807) is 12.4 Å². The van der Waals surface area contributed by atoms with Gasteiger partial charge in [-0.25, -0.2) is 9.97 Å². The summed E-state index contributed by atoms with van der Waals surface area (Å²) in [6, 6.07) is 7.89. The molecule has 1 aromatic heterocycles. The molecule has 0 saturated heterocycles. The second-order valence-corrected chi connectivity index (χ2v) is 8.27. The van der Waals surface area contributed by atoms with Crippen molar-refractivity contribution in [2.75, 3.05) is 26.4 Å². The standard InChI is InChI=1S/C28H42N2O3/c1-3-5-7-8-9-10-12-21-32-26-17-15-25(16-18-26)28-29-23-27(24-30-28)33-22-14-13-20-31-19-11-6-4-2/h10,12,15-18,23-24H,3-9,11,13-14,19-22H2,1-2H3. The first-order chi connectivity index (χ1) is 16.3. The Hall–Kier alpha value is -2.40. The lowest BCUT2D eigenvalue weighted by Gasteiger charge is -2.07. The molecule has 5 nitrogen and oxygen atoms in total. The summed E-state index contributed by atoms with van der Waals surface area (Å²) in [5, 5.41) is 0. The van der Waals surface area contributed by atoms with Crippen molar-refractivity contribution >= 4 is 0 Å². The first-order valence-electron chi connectivity index (χ1n) is 12.7. The number of allylic oxidation sites excluding steroid dienone is 1. The van der Waals surface area contributed by atoms with E-state index in [0.29, 0.717) is 24.8 Å². The third-order valence-electron chi connectivity index (χ3n) is 5.32. The SMILES string of the molecule is CCCCCCC=CCOc1ccc(-c2ncc(OCCCCOCCCCC)cn2)cc1. The van der Waals surface area contributed by atoms with Crippen molar-refractivity contribution in [2.24, 2.45) is 0 Å². The van der Waals surface area contributed by atoms with Crippen molar-refractivity contribution < 1.29 is 14.2 Å². The molecule has 0 bridgehead atoms. The van der Waals surface area contributed by atoms with Crippen LogP contribution in [0.4, 0.5) is 0 Å². The quantitative estimate of drug-likeness (QED) is 0.163. The van der Waals surface area contributed by atoms with Gasteiger partial charge in [-0.05, 0) is 56.4 Å². The summed E-state index contributed by atoms with van der Waals surface area (Å²) in [7, 11) is 0. The van der Waals surface area contributed by atoms with E-state index in [1.807, 2.05) is 24.3 Å². The van der Waals surface area contributed by atoms with Crippen LogP contribution >= 0.6 is 0 Å². The zero-order valence-corrected chi connectivity index (χ0v) is 20.6. The lowest BCUT2D eigenvalue weighted by Crippen LogP contribution is -2.02. The van der Waals surface area contributed by atoms with Crippen molar-refractivity contribution in [1.82, 2.24) is 9.97 Å². The topological polar surface area (TPSA) is 53.5 Å². The molecule has 0 aliphatic carbocycles. The van der Waals surface area contributed by atoms with Crippen LogP contribution in [-0.4, -0.2) is 36.4 Å². The summed E-state index contributed by atoms with van der Waals surface area (Å²) in [6.45, 7) is 7.36. The number of aromatic nitrogens is 2. The number of hydrogen-bond acceptors (Lipinski definition) is 5. The number of ether oxygens (including phenoxy) is 3. The minimum Gasteiger partial charge on any atom is -0.490 e. The average molecular weight is 455 g/mol. The Morgan fingerprint density at radius 2 is 1.33 bits per heavy atom.